The van der Waals surface area contributed by atoms with Gasteiger partial charge >= 0.3 is 5.97 Å². The second-order valence-electron chi connectivity index (χ2n) is 7.06. The minimum Gasteiger partial charge on any atom is -0.478 e. The lowest BCUT2D eigenvalue weighted by molar-refractivity contribution is -0.116. The number of benzene rings is 1. The highest BCUT2D eigenvalue weighted by molar-refractivity contribution is 5.94. The van der Waals surface area contributed by atoms with Crippen molar-refractivity contribution in [3.05, 3.63) is 63.6 Å². The highest BCUT2D eigenvalue weighted by Gasteiger charge is 2.34. The number of furan rings is 1. The van der Waals surface area contributed by atoms with Crippen LogP contribution in [0.5, 0.6) is 0 Å². The maximum Gasteiger partial charge on any atom is 0.335 e. The van der Waals surface area contributed by atoms with Crippen LogP contribution in [0.2, 0.25) is 0 Å². The summed E-state index contributed by atoms with van der Waals surface area (Å²) in [6.45, 7) is 3.83. The fraction of sp³-hybridized carbons (Fsp3) is 0.250. The number of carbonyl (C=O) groups is 2. The van der Waals surface area contributed by atoms with Gasteiger partial charge in [0.25, 0.3) is 5.56 Å². The van der Waals surface area contributed by atoms with Gasteiger partial charge in [0.15, 0.2) is 0 Å². The van der Waals surface area contributed by atoms with E-state index in [0.29, 0.717) is 28.5 Å². The quantitative estimate of drug-likeness (QED) is 0.641. The Morgan fingerprint density at radius 1 is 1.18 bits per heavy atom. The van der Waals surface area contributed by atoms with Crippen LogP contribution >= 0.6 is 0 Å². The normalized spacial score (nSPS) is 16.1. The maximum atomic E-state index is 12.5. The van der Waals surface area contributed by atoms with Gasteiger partial charge in [-0.05, 0) is 38.1 Å². The van der Waals surface area contributed by atoms with Gasteiger partial charge in [-0.2, -0.15) is 0 Å². The first-order valence-corrected chi connectivity index (χ1v) is 8.93. The number of carbonyl (C=O) groups excluding carboxylic acids is 1. The molecule has 8 heteroatoms. The number of carboxylic acids is 1. The van der Waals surface area contributed by atoms with Crippen LogP contribution in [-0.4, -0.2) is 26.8 Å². The minimum atomic E-state index is -0.999. The van der Waals surface area contributed by atoms with Crippen molar-refractivity contribution in [2.45, 2.75) is 32.2 Å². The summed E-state index contributed by atoms with van der Waals surface area (Å²) in [6, 6.07) is 9.81. The van der Waals surface area contributed by atoms with Crippen molar-refractivity contribution in [1.82, 2.24) is 9.78 Å². The van der Waals surface area contributed by atoms with Gasteiger partial charge in [-0.1, -0.05) is 12.1 Å². The third kappa shape index (κ3) is 2.92. The first kappa shape index (κ1) is 17.8. The first-order chi connectivity index (χ1) is 13.3. The number of rotatable bonds is 4. The zero-order valence-corrected chi connectivity index (χ0v) is 15.4. The molecule has 3 aromatic rings. The number of amides is 1. The van der Waals surface area contributed by atoms with Crippen molar-refractivity contribution < 1.29 is 19.1 Å². The largest absolute Gasteiger partial charge is 0.478 e. The third-order valence-electron chi connectivity index (χ3n) is 4.86. The van der Waals surface area contributed by atoms with Gasteiger partial charge in [0.2, 0.25) is 5.91 Å². The number of aromatic carboxylic acids is 1. The highest BCUT2D eigenvalue weighted by Crippen LogP contribution is 2.38. The number of nitrogens with zero attached hydrogens (tertiary/aromatic N) is 1. The van der Waals surface area contributed by atoms with Crippen LogP contribution < -0.4 is 10.9 Å². The van der Waals surface area contributed by atoms with Crippen LogP contribution in [0.4, 0.5) is 5.82 Å². The summed E-state index contributed by atoms with van der Waals surface area (Å²) in [5.74, 6) is -0.139. The molecule has 3 heterocycles. The summed E-state index contributed by atoms with van der Waals surface area (Å²) < 4.78 is 7.60. The van der Waals surface area contributed by atoms with Crippen molar-refractivity contribution in [1.29, 1.82) is 0 Å². The lowest BCUT2D eigenvalue weighted by Crippen LogP contribution is -2.27. The predicted molar refractivity (Wildman–Crippen MR) is 102 cm³/mol. The highest BCUT2D eigenvalue weighted by atomic mass is 16.4. The maximum absolute atomic E-state index is 12.5. The molecule has 1 aliphatic heterocycles. The van der Waals surface area contributed by atoms with E-state index in [2.05, 4.69) is 10.4 Å². The van der Waals surface area contributed by atoms with Crippen molar-refractivity contribution in [3.8, 4) is 11.3 Å². The molecule has 1 aromatic carbocycles. The van der Waals surface area contributed by atoms with E-state index in [1.54, 1.807) is 28.9 Å². The molecule has 0 radical (unpaired) electrons. The number of hydrogen-bond donors (Lipinski definition) is 3. The number of carboxylic acid groups (broad SMARTS) is 1. The molecule has 3 N–H and O–H groups in total. The molecular formula is C20H19N3O5. The van der Waals surface area contributed by atoms with Gasteiger partial charge < -0.3 is 14.8 Å². The first-order valence-electron chi connectivity index (χ1n) is 8.93. The summed E-state index contributed by atoms with van der Waals surface area (Å²) in [6.07, 6.45) is 0.114. The number of H-pyrrole nitrogens is 1. The van der Waals surface area contributed by atoms with Crippen LogP contribution in [0.25, 0.3) is 11.3 Å². The number of aromatic amines is 1. The Hall–Kier alpha value is -3.55. The number of fused-ring (bicyclic) bond motifs is 1. The van der Waals surface area contributed by atoms with Crippen LogP contribution in [0, 0.1) is 0 Å². The smallest absolute Gasteiger partial charge is 0.335 e. The van der Waals surface area contributed by atoms with Gasteiger partial charge in [-0.15, -0.1) is 0 Å². The Morgan fingerprint density at radius 2 is 1.89 bits per heavy atom. The average Bonchev–Trinajstić information content (AvgIpc) is 3.26. The Morgan fingerprint density at radius 3 is 2.54 bits per heavy atom. The third-order valence-corrected chi connectivity index (χ3v) is 4.86. The zero-order valence-electron chi connectivity index (χ0n) is 15.4. The van der Waals surface area contributed by atoms with E-state index in [1.165, 1.54) is 12.1 Å². The molecule has 28 heavy (non-hydrogen) atoms. The molecule has 0 aliphatic carbocycles. The molecule has 2 aromatic heterocycles. The monoisotopic (exact) mass is 381 g/mol. The molecule has 1 atom stereocenters. The summed E-state index contributed by atoms with van der Waals surface area (Å²) in [5, 5.41) is 14.6. The SMILES string of the molecule is CC(C)n1[nH]c(=O)c2c1NC(=O)C[C@H]2c1ccc(-c2ccc(C(=O)O)cc2)o1. The van der Waals surface area contributed by atoms with Gasteiger partial charge in [0.05, 0.1) is 17.0 Å². The van der Waals surface area contributed by atoms with Crippen molar-refractivity contribution in [2.24, 2.45) is 0 Å². The molecule has 0 saturated heterocycles. The topological polar surface area (TPSA) is 117 Å². The van der Waals surface area contributed by atoms with Gasteiger partial charge in [0, 0.05) is 18.0 Å². The van der Waals surface area contributed by atoms with Crippen molar-refractivity contribution in [3.63, 3.8) is 0 Å². The van der Waals surface area contributed by atoms with Crippen LogP contribution in [-0.2, 0) is 4.79 Å². The summed E-state index contributed by atoms with van der Waals surface area (Å²) in [5.41, 5.74) is 1.13. The summed E-state index contributed by atoms with van der Waals surface area (Å²) in [4.78, 5) is 35.8. The number of nitrogens with one attached hydrogen (secondary N) is 2. The second kappa shape index (κ2) is 6.56. The zero-order chi connectivity index (χ0) is 20.0. The summed E-state index contributed by atoms with van der Waals surface area (Å²) >= 11 is 0. The molecule has 1 aliphatic rings. The van der Waals surface area contributed by atoms with E-state index in [-0.39, 0.29) is 29.5 Å². The van der Waals surface area contributed by atoms with Gasteiger partial charge in [-0.25, -0.2) is 4.79 Å². The fourth-order valence-electron chi connectivity index (χ4n) is 3.49. The average molecular weight is 381 g/mol. The van der Waals surface area contributed by atoms with E-state index in [0.717, 1.165) is 0 Å². The van der Waals surface area contributed by atoms with Crippen molar-refractivity contribution in [2.75, 3.05) is 5.32 Å². The second-order valence-corrected chi connectivity index (χ2v) is 7.06. The molecule has 1 amide bonds. The Bertz CT molecular complexity index is 1120. The molecule has 0 bridgehead atoms. The molecule has 0 spiro atoms. The molecule has 0 unspecified atom stereocenters. The van der Waals surface area contributed by atoms with E-state index < -0.39 is 11.9 Å². The molecule has 144 valence electrons. The molecule has 0 saturated carbocycles. The Kier molecular flexibility index (Phi) is 4.18. The van der Waals surface area contributed by atoms with Crippen LogP contribution in [0.1, 0.15) is 53.9 Å². The lowest BCUT2D eigenvalue weighted by atomic mass is 9.92. The van der Waals surface area contributed by atoms with Gasteiger partial charge in [0.1, 0.15) is 17.3 Å². The van der Waals surface area contributed by atoms with Crippen LogP contribution in [0.15, 0.2) is 45.6 Å². The van der Waals surface area contributed by atoms with Crippen LogP contribution in [0.3, 0.4) is 0 Å². The van der Waals surface area contributed by atoms with E-state index >= 15 is 0 Å². The minimum absolute atomic E-state index is 0.0181. The fourth-order valence-corrected chi connectivity index (χ4v) is 3.49. The Labute approximate surface area is 159 Å². The molecule has 0 fully saturated rings. The van der Waals surface area contributed by atoms with E-state index in [9.17, 15) is 14.4 Å². The molecule has 4 rings (SSSR count). The Balaban J connectivity index is 1.73. The van der Waals surface area contributed by atoms with Crippen molar-refractivity contribution >= 4 is 17.7 Å². The number of anilines is 1. The number of hydrogen-bond acceptors (Lipinski definition) is 4. The molecular weight excluding hydrogens is 362 g/mol. The predicted octanol–water partition coefficient (Wildman–Crippen LogP) is 3.19. The standard InChI is InChI=1S/C20H19N3O5/c1-10(2)23-18-17(19(25)22-23)13(9-16(24)21-18)15-8-7-14(28-15)11-3-5-12(6-4-11)20(26)27/h3-8,10,13H,9H2,1-2H3,(H,21,24)(H,22,25)(H,26,27)/t13-/m0/s1. The number of aromatic nitrogens is 2. The van der Waals surface area contributed by atoms with E-state index in [4.69, 9.17) is 9.52 Å². The summed E-state index contributed by atoms with van der Waals surface area (Å²) in [7, 11) is 0. The van der Waals surface area contributed by atoms with Gasteiger partial charge in [-0.3, -0.25) is 19.4 Å². The van der Waals surface area contributed by atoms with E-state index in [1.807, 2.05) is 13.8 Å². The lowest BCUT2D eigenvalue weighted by Gasteiger charge is -2.22. The molecule has 8 nitrogen and oxygen atoms in total.